The van der Waals surface area contributed by atoms with E-state index in [2.05, 4.69) is 15.3 Å². The van der Waals surface area contributed by atoms with Gasteiger partial charge >= 0.3 is 268 Å². The number of hydrogen-bond acceptors (Lipinski definition) is 10. The second kappa shape index (κ2) is 16.5. The fraction of sp³-hybridized carbons (Fsp3) is 0.387. The van der Waals surface area contributed by atoms with Crippen molar-refractivity contribution in [2.75, 3.05) is 44.8 Å². The van der Waals surface area contributed by atoms with E-state index >= 15 is 0 Å². The van der Waals surface area contributed by atoms with Crippen LogP contribution in [0.4, 0.5) is 15.9 Å². The first kappa shape index (κ1) is 33.4. The molecule has 1 saturated carbocycles. The van der Waals surface area contributed by atoms with Crippen LogP contribution in [0, 0.1) is 11.7 Å². The van der Waals surface area contributed by atoms with Gasteiger partial charge in [-0.25, -0.2) is 0 Å². The predicted molar refractivity (Wildman–Crippen MR) is 168 cm³/mol. The van der Waals surface area contributed by atoms with Gasteiger partial charge in [-0.05, 0) is 0 Å². The van der Waals surface area contributed by atoms with E-state index in [1.165, 1.54) is 24.5 Å². The summed E-state index contributed by atoms with van der Waals surface area (Å²) in [5, 5.41) is 3.83. The van der Waals surface area contributed by atoms with Crippen LogP contribution in [0.3, 0.4) is 0 Å². The molecule has 0 radical (unpaired) electrons. The molecule has 1 unspecified atom stereocenters. The van der Waals surface area contributed by atoms with Crippen molar-refractivity contribution in [2.45, 2.75) is 33.1 Å². The van der Waals surface area contributed by atoms with Crippen LogP contribution in [0.5, 0.6) is 5.75 Å². The molecule has 1 atom stereocenters. The third-order valence-electron chi connectivity index (χ3n) is 6.58. The van der Waals surface area contributed by atoms with Crippen LogP contribution < -0.4 is 14.4 Å². The molecular formula is C31H35AsClFN4O6. The fourth-order valence-electron chi connectivity index (χ4n) is 4.19. The molecule has 3 aromatic rings. The number of esters is 2. The van der Waals surface area contributed by atoms with Gasteiger partial charge in [-0.2, -0.15) is 0 Å². The topological polar surface area (TPSA) is 120 Å². The summed E-state index contributed by atoms with van der Waals surface area (Å²) in [6, 6.07) is 8.01. The summed E-state index contributed by atoms with van der Waals surface area (Å²) in [4.78, 5) is 47.6. The Hall–Kier alpha value is -3.53. The molecule has 0 saturated heterocycles. The van der Waals surface area contributed by atoms with E-state index < -0.39 is 27.5 Å². The Morgan fingerprint density at radius 1 is 1.11 bits per heavy atom. The minimum absolute atomic E-state index is 0.0130. The number of halogens is 2. The first-order valence-corrected chi connectivity index (χ1v) is 16.9. The molecule has 0 amide bonds. The zero-order chi connectivity index (χ0) is 31.5. The average molecular weight is 689 g/mol. The molecule has 1 aliphatic carbocycles. The number of allylic oxidation sites excluding steroid dienone is 1. The number of carbonyl (C=O) groups excluding carboxylic acids is 3. The van der Waals surface area contributed by atoms with E-state index in [1.807, 2.05) is 12.1 Å². The van der Waals surface area contributed by atoms with Crippen LogP contribution >= 0.6 is 11.6 Å². The number of anilines is 2. The van der Waals surface area contributed by atoms with Gasteiger partial charge in [0.15, 0.2) is 0 Å². The molecule has 0 spiro atoms. The van der Waals surface area contributed by atoms with Gasteiger partial charge in [0, 0.05) is 0 Å². The Morgan fingerprint density at radius 2 is 1.89 bits per heavy atom. The van der Waals surface area contributed by atoms with Gasteiger partial charge in [0.25, 0.3) is 0 Å². The van der Waals surface area contributed by atoms with Crippen molar-refractivity contribution in [1.82, 2.24) is 14.9 Å². The monoisotopic (exact) mass is 688 g/mol. The summed E-state index contributed by atoms with van der Waals surface area (Å²) in [5.41, 5.74) is 1.19. The average Bonchev–Trinajstić information content (AvgIpc) is 3.82. The molecule has 1 aromatic heterocycles. The number of carbonyl (C=O) groups is 3. The van der Waals surface area contributed by atoms with Crippen molar-refractivity contribution < 1.29 is 33.0 Å². The van der Waals surface area contributed by atoms with Crippen LogP contribution in [0.15, 0.2) is 48.8 Å². The van der Waals surface area contributed by atoms with Gasteiger partial charge in [0.2, 0.25) is 0 Å². The summed E-state index contributed by atoms with van der Waals surface area (Å²) in [7, 11) is 0. The normalized spacial score (nSPS) is 13.2. The van der Waals surface area contributed by atoms with Crippen molar-refractivity contribution in [1.29, 1.82) is 0 Å². The zero-order valence-corrected chi connectivity index (χ0v) is 27.5. The van der Waals surface area contributed by atoms with Crippen LogP contribution in [0.25, 0.3) is 10.9 Å². The van der Waals surface area contributed by atoms with E-state index in [-0.39, 0.29) is 54.8 Å². The van der Waals surface area contributed by atoms with Crippen LogP contribution in [-0.4, -0.2) is 86.6 Å². The molecular weight excluding hydrogens is 654 g/mol. The number of ether oxygens (including phenoxy) is 3. The standard InChI is InChI=1S/C31H35AsClFN4O6/c1-3-42-29(40)11-13-38(17-30(41)43-4-2)12-5-6-28(39)32-23-15-22-26(16-27(23)44-18-20-7-8-20)35-19-36-31(22)37-21-9-10-25(34)24(33)14-21/h5-6,9-10,14-16,19-20,32H,3-4,7-8,11-13,17-18H2,1-2H3,(H,35,36,37). The number of aromatic nitrogens is 2. The SMILES string of the molecule is CCOC(=O)CCN(CC=CC(=O)[AsH]c1cc2c(Nc3ccc(F)c(Cl)c3)ncnc2cc1OCC1CC1)CC(=O)OCC. The quantitative estimate of drug-likeness (QED) is 0.127. The Balaban J connectivity index is 1.51. The molecule has 1 N–H and O–H groups in total. The van der Waals surface area contributed by atoms with Gasteiger partial charge in [-0.15, -0.1) is 0 Å². The van der Waals surface area contributed by atoms with Crippen molar-refractivity contribution in [3.05, 3.63) is 59.7 Å². The maximum atomic E-state index is 13.7. The second-order valence-electron chi connectivity index (χ2n) is 10.1. The summed E-state index contributed by atoms with van der Waals surface area (Å²) in [6.45, 7) is 5.11. The molecule has 0 bridgehead atoms. The first-order chi connectivity index (χ1) is 21.2. The van der Waals surface area contributed by atoms with Crippen LogP contribution in [-0.2, 0) is 23.9 Å². The molecule has 4 rings (SSSR count). The molecule has 10 nitrogen and oxygen atoms in total. The van der Waals surface area contributed by atoms with Crippen molar-refractivity contribution >= 4 is 70.6 Å². The van der Waals surface area contributed by atoms with Crippen molar-refractivity contribution in [3.8, 4) is 5.75 Å². The molecule has 0 aliphatic heterocycles. The second-order valence-corrected chi connectivity index (χ2v) is 13.2. The molecule has 1 heterocycles. The Bertz CT molecular complexity index is 1520. The number of nitrogens with zero attached hydrogens (tertiary/aromatic N) is 3. The van der Waals surface area contributed by atoms with Crippen LogP contribution in [0.2, 0.25) is 5.02 Å². The third-order valence-corrected chi connectivity index (χ3v) is 9.12. The summed E-state index contributed by atoms with van der Waals surface area (Å²) in [5.74, 6) is 0.332. The van der Waals surface area contributed by atoms with Crippen molar-refractivity contribution in [3.63, 3.8) is 0 Å². The predicted octanol–water partition coefficient (Wildman–Crippen LogP) is 3.92. The first-order valence-electron chi connectivity index (χ1n) is 14.4. The van der Waals surface area contributed by atoms with Gasteiger partial charge in [0.1, 0.15) is 0 Å². The third kappa shape index (κ3) is 10.3. The van der Waals surface area contributed by atoms with E-state index in [4.69, 9.17) is 25.8 Å². The van der Waals surface area contributed by atoms with Gasteiger partial charge < -0.3 is 0 Å². The zero-order valence-electron chi connectivity index (χ0n) is 24.6. The number of benzene rings is 2. The molecule has 44 heavy (non-hydrogen) atoms. The van der Waals surface area contributed by atoms with E-state index in [0.717, 1.165) is 17.2 Å². The summed E-state index contributed by atoms with van der Waals surface area (Å²) >= 11 is 4.60. The number of hydrogen-bond donors (Lipinski definition) is 1. The van der Waals surface area contributed by atoms with Gasteiger partial charge in [-0.1, -0.05) is 0 Å². The summed E-state index contributed by atoms with van der Waals surface area (Å²) in [6.07, 6.45) is 6.99. The molecule has 1 aliphatic rings. The number of nitrogens with one attached hydrogen (secondary N) is 1. The Morgan fingerprint density at radius 3 is 2.61 bits per heavy atom. The molecule has 2 aromatic carbocycles. The van der Waals surface area contributed by atoms with Gasteiger partial charge in [-0.3, -0.25) is 0 Å². The number of rotatable bonds is 17. The van der Waals surface area contributed by atoms with Crippen molar-refractivity contribution in [2.24, 2.45) is 5.92 Å². The van der Waals surface area contributed by atoms with Gasteiger partial charge in [0.05, 0.1) is 0 Å². The molecule has 1 fully saturated rings. The van der Waals surface area contributed by atoms with E-state index in [0.29, 0.717) is 40.7 Å². The molecule has 234 valence electrons. The summed E-state index contributed by atoms with van der Waals surface area (Å²) < 4.78 is 30.6. The molecule has 13 heteroatoms. The maximum absolute atomic E-state index is 13.7. The van der Waals surface area contributed by atoms with E-state index in [9.17, 15) is 18.8 Å². The fourth-order valence-corrected chi connectivity index (χ4v) is 6.37. The van der Waals surface area contributed by atoms with Crippen LogP contribution in [0.1, 0.15) is 33.1 Å². The Labute approximate surface area is 267 Å². The Kier molecular flexibility index (Phi) is 12.5. The minimum atomic E-state index is -1.37. The van der Waals surface area contributed by atoms with E-state index in [1.54, 1.807) is 30.9 Å². The number of fused-ring (bicyclic) bond motifs is 1.